The molecule has 2 aliphatic heterocycles. The number of fused-ring (bicyclic) bond motifs is 1. The molecule has 1 fully saturated rings. The summed E-state index contributed by atoms with van der Waals surface area (Å²) in [5.74, 6) is -1.95. The number of halogens is 3. The number of hydrogen-bond donors (Lipinski definition) is 2. The average Bonchev–Trinajstić information content (AvgIpc) is 3.34. The molecule has 0 saturated carbocycles. The van der Waals surface area contributed by atoms with Gasteiger partial charge in [0.15, 0.2) is 0 Å². The number of pyridine rings is 1. The van der Waals surface area contributed by atoms with Crippen molar-refractivity contribution < 1.29 is 27.8 Å². The van der Waals surface area contributed by atoms with Crippen molar-refractivity contribution in [3.63, 3.8) is 0 Å². The maximum atomic E-state index is 13.1. The van der Waals surface area contributed by atoms with Crippen LogP contribution in [-0.2, 0) is 22.5 Å². The summed E-state index contributed by atoms with van der Waals surface area (Å²) >= 11 is 7.86. The second-order valence-corrected chi connectivity index (χ2v) is 12.9. The lowest BCUT2D eigenvalue weighted by Crippen LogP contribution is -2.52. The average molecular weight is 629 g/mol. The van der Waals surface area contributed by atoms with Gasteiger partial charge in [0.05, 0.1) is 18.1 Å². The lowest BCUT2D eigenvalue weighted by molar-refractivity contribution is -0.116. The van der Waals surface area contributed by atoms with Gasteiger partial charge in [0.2, 0.25) is 5.91 Å². The van der Waals surface area contributed by atoms with Crippen LogP contribution in [0.3, 0.4) is 0 Å². The predicted molar refractivity (Wildman–Crippen MR) is 162 cm³/mol. The Labute approximate surface area is 257 Å². The molecule has 12 heteroatoms. The van der Waals surface area contributed by atoms with E-state index in [1.807, 2.05) is 36.4 Å². The molecule has 3 heterocycles. The minimum absolute atomic E-state index is 0.237. The van der Waals surface area contributed by atoms with Crippen molar-refractivity contribution in [2.24, 2.45) is 0 Å². The van der Waals surface area contributed by atoms with E-state index in [-0.39, 0.29) is 31.6 Å². The van der Waals surface area contributed by atoms with E-state index in [1.54, 1.807) is 49.5 Å². The molecule has 1 atom stereocenters. The molecule has 0 spiro atoms. The van der Waals surface area contributed by atoms with Crippen molar-refractivity contribution in [2.45, 2.75) is 56.3 Å². The maximum absolute atomic E-state index is 13.1. The first-order valence-corrected chi connectivity index (χ1v) is 14.8. The first-order valence-electron chi connectivity index (χ1n) is 13.6. The van der Waals surface area contributed by atoms with Crippen molar-refractivity contribution >= 4 is 41.4 Å². The smallest absolute Gasteiger partial charge is 0.413 e. The van der Waals surface area contributed by atoms with Crippen molar-refractivity contribution in [1.29, 1.82) is 0 Å². The summed E-state index contributed by atoms with van der Waals surface area (Å²) in [7, 11) is 0. The first kappa shape index (κ1) is 30.8. The summed E-state index contributed by atoms with van der Waals surface area (Å²) in [4.78, 5) is 29.4. The molecular formula is C31H31ClF2N4O4S. The standard InChI is InChI=1S/C31H31ClF2N4O4S/c1-30(2,3)42-29(40)37-26-10-4-19(15-35-26)16-36-27(39)11-7-23-13-22-12-21(14-25(32)28(22)41-23)20-5-8-24(9-6-20)43-38-17-31(33,34)18-38/h4-12,14-15,23H,13,16-18H2,1-3H3,(H,36,39)(H,35,37,40)/b11-7+. The van der Waals surface area contributed by atoms with E-state index < -0.39 is 17.6 Å². The van der Waals surface area contributed by atoms with Crippen LogP contribution in [0.4, 0.5) is 19.4 Å². The molecule has 1 unspecified atom stereocenters. The van der Waals surface area contributed by atoms with E-state index in [9.17, 15) is 18.4 Å². The van der Waals surface area contributed by atoms with Crippen LogP contribution in [0.2, 0.25) is 5.02 Å². The number of carbonyl (C=O) groups is 2. The number of alkyl halides is 2. The number of amides is 2. The Balaban J connectivity index is 1.10. The van der Waals surface area contributed by atoms with E-state index in [0.717, 1.165) is 27.1 Å². The van der Waals surface area contributed by atoms with Gasteiger partial charge < -0.3 is 14.8 Å². The van der Waals surface area contributed by atoms with Crippen molar-refractivity contribution in [1.82, 2.24) is 14.6 Å². The summed E-state index contributed by atoms with van der Waals surface area (Å²) < 4.78 is 39.0. The molecule has 226 valence electrons. The number of anilines is 1. The Hall–Kier alpha value is -3.67. The van der Waals surface area contributed by atoms with Crippen LogP contribution in [-0.4, -0.2) is 52.0 Å². The van der Waals surface area contributed by atoms with Crippen molar-refractivity contribution in [3.8, 4) is 16.9 Å². The Kier molecular flexibility index (Phi) is 8.96. The second kappa shape index (κ2) is 12.5. The molecule has 0 radical (unpaired) electrons. The third-order valence-electron chi connectivity index (χ3n) is 6.43. The van der Waals surface area contributed by atoms with Gasteiger partial charge in [-0.25, -0.2) is 22.9 Å². The zero-order valence-electron chi connectivity index (χ0n) is 23.8. The van der Waals surface area contributed by atoms with Gasteiger partial charge in [0, 0.05) is 35.7 Å². The number of rotatable bonds is 8. The largest absolute Gasteiger partial charge is 0.484 e. The monoisotopic (exact) mass is 628 g/mol. The molecule has 0 aliphatic carbocycles. The van der Waals surface area contributed by atoms with Crippen LogP contribution in [0.15, 0.2) is 71.8 Å². The quantitative estimate of drug-likeness (QED) is 0.207. The highest BCUT2D eigenvalue weighted by Gasteiger charge is 2.44. The molecular weight excluding hydrogens is 598 g/mol. The summed E-state index contributed by atoms with van der Waals surface area (Å²) in [6, 6.07) is 14.9. The number of carbonyl (C=O) groups excluding carboxylic acids is 2. The van der Waals surface area contributed by atoms with Gasteiger partial charge in [-0.05, 0) is 85.8 Å². The topological polar surface area (TPSA) is 92.8 Å². The van der Waals surface area contributed by atoms with E-state index >= 15 is 0 Å². The maximum Gasteiger partial charge on any atom is 0.413 e. The highest BCUT2D eigenvalue weighted by atomic mass is 35.5. The molecule has 1 aromatic heterocycles. The highest BCUT2D eigenvalue weighted by molar-refractivity contribution is 7.97. The summed E-state index contributed by atoms with van der Waals surface area (Å²) in [5.41, 5.74) is 2.95. The van der Waals surface area contributed by atoms with Crippen LogP contribution in [0.5, 0.6) is 5.75 Å². The fourth-order valence-electron chi connectivity index (χ4n) is 4.46. The minimum atomic E-state index is -2.59. The SMILES string of the molecule is CC(C)(C)OC(=O)Nc1ccc(CNC(=O)/C=C/C2Cc3cc(-c4ccc(SN5CC(F)(F)C5)cc4)cc(Cl)c3O2)cn1. The van der Waals surface area contributed by atoms with E-state index in [0.29, 0.717) is 23.0 Å². The number of ether oxygens (including phenoxy) is 2. The lowest BCUT2D eigenvalue weighted by Gasteiger charge is -2.37. The van der Waals surface area contributed by atoms with Gasteiger partial charge in [-0.3, -0.25) is 10.1 Å². The van der Waals surface area contributed by atoms with Crippen LogP contribution in [0.25, 0.3) is 11.1 Å². The zero-order valence-corrected chi connectivity index (χ0v) is 25.4. The molecule has 1 saturated heterocycles. The molecule has 2 amide bonds. The fourth-order valence-corrected chi connectivity index (χ4v) is 5.81. The van der Waals surface area contributed by atoms with Crippen LogP contribution < -0.4 is 15.4 Å². The van der Waals surface area contributed by atoms with E-state index in [1.165, 1.54) is 18.0 Å². The summed E-state index contributed by atoms with van der Waals surface area (Å²) in [6.45, 7) is 5.11. The normalized spacial score (nSPS) is 17.6. The Bertz CT molecular complexity index is 1520. The summed E-state index contributed by atoms with van der Waals surface area (Å²) in [6.07, 6.45) is 4.31. The van der Waals surface area contributed by atoms with Gasteiger partial charge in [0.1, 0.15) is 23.3 Å². The Morgan fingerprint density at radius 2 is 1.91 bits per heavy atom. The Morgan fingerprint density at radius 3 is 2.56 bits per heavy atom. The van der Waals surface area contributed by atoms with Gasteiger partial charge in [-0.15, -0.1) is 0 Å². The minimum Gasteiger partial charge on any atom is -0.484 e. The Morgan fingerprint density at radius 1 is 1.16 bits per heavy atom. The molecule has 8 nitrogen and oxygen atoms in total. The van der Waals surface area contributed by atoms with Crippen molar-refractivity contribution in [3.05, 3.63) is 83.0 Å². The van der Waals surface area contributed by atoms with E-state index in [4.69, 9.17) is 21.1 Å². The van der Waals surface area contributed by atoms with Gasteiger partial charge >= 0.3 is 6.09 Å². The van der Waals surface area contributed by atoms with Crippen LogP contribution in [0, 0.1) is 0 Å². The van der Waals surface area contributed by atoms with Crippen molar-refractivity contribution in [2.75, 3.05) is 18.4 Å². The lowest BCUT2D eigenvalue weighted by atomic mass is 10.0. The first-order chi connectivity index (χ1) is 20.3. The predicted octanol–water partition coefficient (Wildman–Crippen LogP) is 6.88. The molecule has 2 aromatic carbocycles. The number of aromatic nitrogens is 1. The molecule has 5 rings (SSSR count). The zero-order chi connectivity index (χ0) is 30.8. The number of benzene rings is 2. The molecule has 43 heavy (non-hydrogen) atoms. The van der Waals surface area contributed by atoms with Crippen LogP contribution in [0.1, 0.15) is 31.9 Å². The second-order valence-electron chi connectivity index (χ2n) is 11.3. The van der Waals surface area contributed by atoms with Gasteiger partial charge in [-0.1, -0.05) is 29.8 Å². The van der Waals surface area contributed by atoms with E-state index in [2.05, 4.69) is 15.6 Å². The highest BCUT2D eigenvalue weighted by Crippen LogP contribution is 2.41. The summed E-state index contributed by atoms with van der Waals surface area (Å²) in [5, 5.41) is 5.85. The molecule has 2 aliphatic rings. The number of nitrogens with zero attached hydrogens (tertiary/aromatic N) is 2. The molecule has 3 aromatic rings. The fraction of sp³-hybridized carbons (Fsp3) is 0.323. The van der Waals surface area contributed by atoms with Gasteiger partial charge in [-0.2, -0.15) is 0 Å². The number of nitrogens with one attached hydrogen (secondary N) is 2. The third kappa shape index (κ3) is 8.46. The van der Waals surface area contributed by atoms with Crippen LogP contribution >= 0.6 is 23.5 Å². The number of hydrogen-bond acceptors (Lipinski definition) is 7. The molecule has 2 N–H and O–H groups in total. The molecule has 0 bridgehead atoms. The third-order valence-corrected chi connectivity index (χ3v) is 7.71. The van der Waals surface area contributed by atoms with Gasteiger partial charge in [0.25, 0.3) is 5.92 Å².